The number of hydrogen-bond donors (Lipinski definition) is 1. The van der Waals surface area contributed by atoms with Crippen molar-refractivity contribution < 1.29 is 23.6 Å². The fourth-order valence-electron chi connectivity index (χ4n) is 2.70. The third-order valence-electron chi connectivity index (χ3n) is 4.27. The number of amides is 1. The maximum atomic E-state index is 12.3. The summed E-state index contributed by atoms with van der Waals surface area (Å²) in [5.74, 6) is 0.00240. The maximum absolute atomic E-state index is 12.3. The third kappa shape index (κ3) is 5.44. The van der Waals surface area contributed by atoms with E-state index in [0.29, 0.717) is 23.7 Å². The van der Waals surface area contributed by atoms with Crippen LogP contribution >= 0.6 is 0 Å². The van der Waals surface area contributed by atoms with Crippen LogP contribution in [0, 0.1) is 0 Å². The highest BCUT2D eigenvalue weighted by Gasteiger charge is 2.15. The first-order valence-electron chi connectivity index (χ1n) is 9.68. The van der Waals surface area contributed by atoms with Gasteiger partial charge in [-0.05, 0) is 31.0 Å². The molecule has 0 atom stereocenters. The zero-order valence-electron chi connectivity index (χ0n) is 16.9. The van der Waals surface area contributed by atoms with Crippen LogP contribution in [0.25, 0.3) is 11.4 Å². The van der Waals surface area contributed by atoms with Gasteiger partial charge in [-0.3, -0.25) is 9.59 Å². The Kier molecular flexibility index (Phi) is 7.15. The molecular weight excluding hydrogens is 386 g/mol. The quantitative estimate of drug-likeness (QED) is 0.541. The SMILES string of the molecule is CCOc1ccccc1C(=O)NCC(=O)OCc1nc(-c2ccc(CC)cc2)no1. The molecule has 0 unspecified atom stereocenters. The molecule has 0 saturated carbocycles. The number of rotatable bonds is 9. The van der Waals surface area contributed by atoms with Crippen LogP contribution in [0.5, 0.6) is 5.75 Å². The van der Waals surface area contributed by atoms with Gasteiger partial charge in [-0.2, -0.15) is 4.98 Å². The highest BCUT2D eigenvalue weighted by atomic mass is 16.6. The minimum Gasteiger partial charge on any atom is -0.493 e. The number of aryl methyl sites for hydroxylation is 1. The molecule has 0 fully saturated rings. The molecule has 1 N–H and O–H groups in total. The Morgan fingerprint density at radius 3 is 2.57 bits per heavy atom. The minimum absolute atomic E-state index is 0.172. The van der Waals surface area contributed by atoms with Gasteiger partial charge < -0.3 is 19.3 Å². The molecule has 3 aromatic rings. The van der Waals surface area contributed by atoms with E-state index >= 15 is 0 Å². The predicted octanol–water partition coefficient (Wildman–Crippen LogP) is 3.17. The number of aromatic nitrogens is 2. The van der Waals surface area contributed by atoms with E-state index in [0.717, 1.165) is 12.0 Å². The highest BCUT2D eigenvalue weighted by molar-refractivity contribution is 5.98. The molecule has 0 aliphatic carbocycles. The second kappa shape index (κ2) is 10.2. The first-order valence-corrected chi connectivity index (χ1v) is 9.68. The molecule has 2 aromatic carbocycles. The molecule has 0 saturated heterocycles. The van der Waals surface area contributed by atoms with Crippen molar-refractivity contribution in [1.82, 2.24) is 15.5 Å². The molecule has 3 rings (SSSR count). The van der Waals surface area contributed by atoms with E-state index in [9.17, 15) is 9.59 Å². The molecule has 0 spiro atoms. The number of hydrogen-bond acceptors (Lipinski definition) is 7. The van der Waals surface area contributed by atoms with E-state index in [1.165, 1.54) is 5.56 Å². The second-order valence-electron chi connectivity index (χ2n) is 6.33. The molecule has 1 heterocycles. The lowest BCUT2D eigenvalue weighted by Gasteiger charge is -2.10. The summed E-state index contributed by atoms with van der Waals surface area (Å²) in [6, 6.07) is 14.6. The van der Waals surface area contributed by atoms with Crippen molar-refractivity contribution in [3.8, 4) is 17.1 Å². The Hall–Kier alpha value is -3.68. The van der Waals surface area contributed by atoms with E-state index in [4.69, 9.17) is 14.0 Å². The Bertz CT molecular complexity index is 998. The molecular formula is C22H23N3O5. The summed E-state index contributed by atoms with van der Waals surface area (Å²) in [5, 5.41) is 6.42. The van der Waals surface area contributed by atoms with E-state index in [1.54, 1.807) is 24.3 Å². The summed E-state index contributed by atoms with van der Waals surface area (Å²) in [4.78, 5) is 28.5. The van der Waals surface area contributed by atoms with E-state index < -0.39 is 11.9 Å². The van der Waals surface area contributed by atoms with Gasteiger partial charge in [0, 0.05) is 5.56 Å². The average Bonchev–Trinajstić information content (AvgIpc) is 3.26. The summed E-state index contributed by atoms with van der Waals surface area (Å²) in [6.07, 6.45) is 0.946. The number of nitrogens with one attached hydrogen (secondary N) is 1. The van der Waals surface area contributed by atoms with E-state index in [1.807, 2.05) is 31.2 Å². The fraction of sp³-hybridized carbons (Fsp3) is 0.273. The van der Waals surface area contributed by atoms with Crippen molar-refractivity contribution in [2.45, 2.75) is 26.9 Å². The smallest absolute Gasteiger partial charge is 0.325 e. The largest absolute Gasteiger partial charge is 0.493 e. The summed E-state index contributed by atoms with van der Waals surface area (Å²) in [6.45, 7) is 3.87. The Labute approximate surface area is 174 Å². The van der Waals surface area contributed by atoms with Crippen molar-refractivity contribution in [3.63, 3.8) is 0 Å². The Morgan fingerprint density at radius 1 is 1.07 bits per heavy atom. The van der Waals surface area contributed by atoms with Crippen LogP contribution in [-0.2, 0) is 22.6 Å². The van der Waals surface area contributed by atoms with Crippen LogP contribution in [0.3, 0.4) is 0 Å². The normalized spacial score (nSPS) is 10.5. The molecule has 0 bridgehead atoms. The van der Waals surface area contributed by atoms with Gasteiger partial charge in [0.2, 0.25) is 5.82 Å². The molecule has 0 aliphatic heterocycles. The van der Waals surface area contributed by atoms with Gasteiger partial charge in [0.1, 0.15) is 12.3 Å². The monoisotopic (exact) mass is 409 g/mol. The van der Waals surface area contributed by atoms with E-state index in [2.05, 4.69) is 22.4 Å². The average molecular weight is 409 g/mol. The number of carbonyl (C=O) groups is 2. The third-order valence-corrected chi connectivity index (χ3v) is 4.27. The first kappa shape index (κ1) is 21.0. The first-order chi connectivity index (χ1) is 14.6. The summed E-state index contributed by atoms with van der Waals surface area (Å²) in [5.41, 5.74) is 2.37. The lowest BCUT2D eigenvalue weighted by molar-refractivity contribution is -0.144. The van der Waals surface area contributed by atoms with Gasteiger partial charge in [0.05, 0.1) is 12.2 Å². The highest BCUT2D eigenvalue weighted by Crippen LogP contribution is 2.18. The van der Waals surface area contributed by atoms with E-state index in [-0.39, 0.29) is 19.0 Å². The Morgan fingerprint density at radius 2 is 1.83 bits per heavy atom. The predicted molar refractivity (Wildman–Crippen MR) is 109 cm³/mol. The zero-order valence-corrected chi connectivity index (χ0v) is 16.9. The molecule has 30 heavy (non-hydrogen) atoms. The van der Waals surface area contributed by atoms with Crippen molar-refractivity contribution in [2.75, 3.05) is 13.2 Å². The minimum atomic E-state index is -0.621. The standard InChI is InChI=1S/C22H23N3O5/c1-3-15-9-11-16(12-10-15)21-24-19(30-25-21)14-29-20(26)13-23-22(27)17-7-5-6-8-18(17)28-4-2/h5-12H,3-4,13-14H2,1-2H3,(H,23,27). The zero-order chi connectivity index (χ0) is 21.3. The van der Waals surface area contributed by atoms with Gasteiger partial charge in [-0.15, -0.1) is 0 Å². The van der Waals surface area contributed by atoms with Gasteiger partial charge in [-0.1, -0.05) is 48.5 Å². The summed E-state index contributed by atoms with van der Waals surface area (Å²) >= 11 is 0. The summed E-state index contributed by atoms with van der Waals surface area (Å²) < 4.78 is 15.6. The van der Waals surface area contributed by atoms with Crippen molar-refractivity contribution in [3.05, 3.63) is 65.5 Å². The molecule has 0 radical (unpaired) electrons. The van der Waals surface area contributed by atoms with Gasteiger partial charge in [0.15, 0.2) is 6.61 Å². The van der Waals surface area contributed by atoms with Crippen LogP contribution in [0.1, 0.15) is 35.7 Å². The van der Waals surface area contributed by atoms with Crippen LogP contribution in [0.4, 0.5) is 0 Å². The van der Waals surface area contributed by atoms with Crippen LogP contribution in [0.15, 0.2) is 53.1 Å². The van der Waals surface area contributed by atoms with Crippen LogP contribution in [0.2, 0.25) is 0 Å². The van der Waals surface area contributed by atoms with Crippen LogP contribution in [-0.4, -0.2) is 35.2 Å². The Balaban J connectivity index is 1.49. The van der Waals surface area contributed by atoms with Crippen LogP contribution < -0.4 is 10.1 Å². The lowest BCUT2D eigenvalue weighted by Crippen LogP contribution is -2.30. The molecule has 8 nitrogen and oxygen atoms in total. The van der Waals surface area contributed by atoms with Crippen molar-refractivity contribution >= 4 is 11.9 Å². The second-order valence-corrected chi connectivity index (χ2v) is 6.33. The molecule has 156 valence electrons. The number of carbonyl (C=O) groups excluding carboxylic acids is 2. The topological polar surface area (TPSA) is 104 Å². The molecule has 1 aromatic heterocycles. The number of nitrogens with zero attached hydrogens (tertiary/aromatic N) is 2. The number of esters is 1. The fourth-order valence-corrected chi connectivity index (χ4v) is 2.70. The van der Waals surface area contributed by atoms with Crippen molar-refractivity contribution in [2.24, 2.45) is 0 Å². The van der Waals surface area contributed by atoms with Gasteiger partial charge in [-0.25, -0.2) is 0 Å². The molecule has 1 amide bonds. The number of para-hydroxylation sites is 1. The van der Waals surface area contributed by atoms with Crippen molar-refractivity contribution in [1.29, 1.82) is 0 Å². The number of ether oxygens (including phenoxy) is 2. The number of benzene rings is 2. The molecule has 8 heteroatoms. The maximum Gasteiger partial charge on any atom is 0.325 e. The molecule has 0 aliphatic rings. The lowest BCUT2D eigenvalue weighted by atomic mass is 10.1. The summed E-state index contributed by atoms with van der Waals surface area (Å²) in [7, 11) is 0. The van der Waals surface area contributed by atoms with Gasteiger partial charge >= 0.3 is 5.97 Å². The van der Waals surface area contributed by atoms with Gasteiger partial charge in [0.25, 0.3) is 11.8 Å².